The summed E-state index contributed by atoms with van der Waals surface area (Å²) in [5, 5.41) is 32.9. The quantitative estimate of drug-likeness (QED) is 0.0641. The van der Waals surface area contributed by atoms with E-state index in [9.17, 15) is 28.7 Å². The summed E-state index contributed by atoms with van der Waals surface area (Å²) in [4.78, 5) is 27.0. The largest absolute Gasteiger partial charge is 1.00 e. The molecule has 4 unspecified atom stereocenters. The molecule has 2 aliphatic rings. The second-order valence-corrected chi connectivity index (χ2v) is 17.3. The van der Waals surface area contributed by atoms with Crippen molar-refractivity contribution in [3.05, 3.63) is 172 Å². The predicted octanol–water partition coefficient (Wildman–Crippen LogP) is 5.61. The van der Waals surface area contributed by atoms with Crippen molar-refractivity contribution < 1.29 is 49.7 Å². The summed E-state index contributed by atoms with van der Waals surface area (Å²) in [5.41, 5.74) is 5.22. The van der Waals surface area contributed by atoms with Crippen LogP contribution in [0.2, 0.25) is 0 Å². The second kappa shape index (κ2) is 19.3. The monoisotopic (exact) mass is 852 g/mol. The topological polar surface area (TPSA) is 111 Å². The highest BCUT2D eigenvalue weighted by atomic mass is 35.5. The number of nitrogens with zero attached hydrogens (tertiary/aromatic N) is 2. The van der Waals surface area contributed by atoms with Crippen molar-refractivity contribution in [2.75, 3.05) is 40.8 Å². The molecule has 9 nitrogen and oxygen atoms in total. The molecule has 322 valence electrons. The molecule has 2 amide bonds. The summed E-state index contributed by atoms with van der Waals surface area (Å²) in [7, 11) is 6.36. The van der Waals surface area contributed by atoms with Crippen LogP contribution in [-0.4, -0.2) is 73.1 Å². The van der Waals surface area contributed by atoms with Gasteiger partial charge in [-0.1, -0.05) is 84.9 Å². The number of nitrogens with one attached hydrogen (secondary N) is 2. The van der Waals surface area contributed by atoms with E-state index < -0.39 is 34.4 Å². The molecule has 0 bridgehead atoms. The van der Waals surface area contributed by atoms with Gasteiger partial charge in [0.2, 0.25) is 11.6 Å². The fourth-order valence-corrected chi connectivity index (χ4v) is 8.74. The number of hydrogen-bond acceptors (Lipinski definition) is 5. The number of carbonyl (C=O) groups excluding carboxylic acids is 2. The molecule has 1 fully saturated rings. The highest BCUT2D eigenvalue weighted by Gasteiger charge is 2.55. The number of hydrogen-bond donors (Lipinski definition) is 3. The maximum Gasteiger partial charge on any atom is 0.407 e. The Morgan fingerprint density at radius 2 is 1.41 bits per heavy atom. The summed E-state index contributed by atoms with van der Waals surface area (Å²) in [6.07, 6.45) is 2.31. The Hall–Kier alpha value is -5.17. The Labute approximate surface area is 363 Å². The molecule has 12 heteroatoms. The highest BCUT2D eigenvalue weighted by molar-refractivity contribution is 5.85. The fourth-order valence-electron chi connectivity index (χ4n) is 8.74. The van der Waals surface area contributed by atoms with Gasteiger partial charge in [-0.2, -0.15) is 0 Å². The zero-order chi connectivity index (χ0) is 42.5. The third kappa shape index (κ3) is 10.3. The second-order valence-electron chi connectivity index (χ2n) is 17.3. The normalized spacial score (nSPS) is 18.4. The number of likely N-dealkylation sites (tertiary alicyclic amines) is 1. The molecule has 1 saturated heterocycles. The summed E-state index contributed by atoms with van der Waals surface area (Å²) >= 11 is 0. The lowest BCUT2D eigenvalue weighted by molar-refractivity contribution is -1.03. The molecule has 1 aliphatic heterocycles. The number of fused-ring (bicyclic) bond motifs is 3. The van der Waals surface area contributed by atoms with Crippen molar-refractivity contribution >= 4 is 12.0 Å². The molecule has 1 heterocycles. The van der Waals surface area contributed by atoms with Gasteiger partial charge in [-0.05, 0) is 95.5 Å². The molecule has 5 aromatic rings. The number of ether oxygens (including phenoxy) is 1. The van der Waals surface area contributed by atoms with Crippen molar-refractivity contribution in [2.24, 2.45) is 0 Å². The number of amides is 2. The van der Waals surface area contributed by atoms with Gasteiger partial charge in [0.15, 0.2) is 0 Å². The average molecular weight is 853 g/mol. The van der Waals surface area contributed by atoms with E-state index in [1.807, 2.05) is 48.5 Å². The van der Waals surface area contributed by atoms with Crippen LogP contribution in [0.4, 0.5) is 13.6 Å². The summed E-state index contributed by atoms with van der Waals surface area (Å²) in [5.74, 6) is -1.27. The lowest BCUT2D eigenvalue weighted by atomic mass is 9.84. The molecule has 0 spiro atoms. The van der Waals surface area contributed by atoms with E-state index in [0.29, 0.717) is 24.8 Å². The number of carbonyl (C=O) groups is 2. The standard InChI is InChI=1S/C49H54F2N4O5.ClH/c1-54(2,3)30-9-8-14-45(53-48(57)60-33-44-42-12-6-4-10-40(42)41-11-5-7-13-43(41)44)47(56)52-32-35-15-19-36(20-16-35)46-28-31-55(46,59)49(58,37-21-25-39(51)26-22-37)29-27-34-17-23-38(50)24-18-34;/h4-7,10-13,15-26,44-46,58H,8-9,14,27-33H2,1-3H3,(H-,52,53,56,57);1H. The number of aliphatic hydroxyl groups is 1. The first-order valence-corrected chi connectivity index (χ1v) is 20.8. The Kier molecular flexibility index (Phi) is 14.3. The van der Waals surface area contributed by atoms with Crippen LogP contribution in [0.3, 0.4) is 0 Å². The Bertz CT molecular complexity index is 2230. The van der Waals surface area contributed by atoms with Gasteiger partial charge >= 0.3 is 6.09 Å². The van der Waals surface area contributed by atoms with Crippen LogP contribution in [0.25, 0.3) is 11.1 Å². The average Bonchev–Trinajstić information content (AvgIpc) is 3.55. The van der Waals surface area contributed by atoms with Gasteiger partial charge < -0.3 is 47.2 Å². The number of hydroxylamine groups is 3. The summed E-state index contributed by atoms with van der Waals surface area (Å²) in [6, 6.07) is 33.6. The number of alkyl carbamates (subject to hydrolysis) is 1. The van der Waals surface area contributed by atoms with E-state index in [0.717, 1.165) is 62.8 Å². The maximum absolute atomic E-state index is 14.8. The SMILES string of the molecule is C[N+](C)(C)CCCCC(NC(=O)OCC1c2ccccc2-c2ccccc21)C(=O)NCc1ccc(C2CC[N+]2([O-])C(O)(CCc2ccc(F)cc2)c2ccc(F)cc2)cc1.[Cl-]. The summed E-state index contributed by atoms with van der Waals surface area (Å²) < 4.78 is 33.2. The predicted molar refractivity (Wildman–Crippen MR) is 228 cm³/mol. The fraction of sp³-hybridized carbons (Fsp3) is 0.347. The molecule has 0 aromatic heterocycles. The number of unbranched alkanes of at least 4 members (excludes halogenated alkanes) is 1. The van der Waals surface area contributed by atoms with Crippen LogP contribution in [0.15, 0.2) is 121 Å². The molecule has 5 aromatic carbocycles. The molecule has 3 N–H and O–H groups in total. The Morgan fingerprint density at radius 1 is 0.836 bits per heavy atom. The zero-order valence-corrected chi connectivity index (χ0v) is 35.7. The van der Waals surface area contributed by atoms with Gasteiger partial charge in [0, 0.05) is 30.0 Å². The van der Waals surface area contributed by atoms with Gasteiger partial charge in [-0.3, -0.25) is 4.79 Å². The van der Waals surface area contributed by atoms with Crippen LogP contribution >= 0.6 is 0 Å². The lowest BCUT2D eigenvalue weighted by Crippen LogP contribution is -3.00. The highest BCUT2D eigenvalue weighted by Crippen LogP contribution is 2.52. The minimum absolute atomic E-state index is 0. The van der Waals surface area contributed by atoms with Crippen LogP contribution in [0, 0.1) is 16.8 Å². The summed E-state index contributed by atoms with van der Waals surface area (Å²) in [6.45, 7) is 1.42. The van der Waals surface area contributed by atoms with Gasteiger partial charge in [0.05, 0.1) is 40.7 Å². The zero-order valence-electron chi connectivity index (χ0n) is 35.0. The van der Waals surface area contributed by atoms with Crippen molar-refractivity contribution in [3.63, 3.8) is 0 Å². The molecular formula is C49H55ClF2N4O5. The first kappa shape index (κ1) is 45.4. The van der Waals surface area contributed by atoms with Crippen LogP contribution < -0.4 is 23.0 Å². The first-order chi connectivity index (χ1) is 28.7. The number of halogens is 3. The minimum Gasteiger partial charge on any atom is -1.00 e. The molecular weight excluding hydrogens is 798 g/mol. The smallest absolute Gasteiger partial charge is 0.407 e. The minimum atomic E-state index is -1.89. The van der Waals surface area contributed by atoms with Gasteiger partial charge in [-0.25, -0.2) is 13.6 Å². The van der Waals surface area contributed by atoms with Crippen molar-refractivity contribution in [1.29, 1.82) is 0 Å². The van der Waals surface area contributed by atoms with Crippen molar-refractivity contribution in [2.45, 2.75) is 68.8 Å². The number of benzene rings is 5. The van der Waals surface area contributed by atoms with Crippen molar-refractivity contribution in [1.82, 2.24) is 10.6 Å². The third-order valence-corrected chi connectivity index (χ3v) is 12.2. The van der Waals surface area contributed by atoms with E-state index in [1.54, 1.807) is 12.1 Å². The van der Waals surface area contributed by atoms with E-state index >= 15 is 0 Å². The van der Waals surface area contributed by atoms with Crippen LogP contribution in [0.5, 0.6) is 0 Å². The van der Waals surface area contributed by atoms with E-state index in [2.05, 4.69) is 56.0 Å². The molecule has 1 aliphatic carbocycles. The number of rotatable bonds is 17. The van der Waals surface area contributed by atoms with Gasteiger partial charge in [0.1, 0.15) is 30.3 Å². The Morgan fingerprint density at radius 3 is 1.98 bits per heavy atom. The van der Waals surface area contributed by atoms with Crippen molar-refractivity contribution in [3.8, 4) is 11.1 Å². The van der Waals surface area contributed by atoms with E-state index in [-0.39, 0.29) is 56.2 Å². The van der Waals surface area contributed by atoms with Gasteiger partial charge in [0.25, 0.3) is 0 Å². The molecule has 7 rings (SSSR count). The van der Waals surface area contributed by atoms with E-state index in [1.165, 1.54) is 36.4 Å². The molecule has 0 saturated carbocycles. The Balaban J connectivity index is 0.00000622. The van der Waals surface area contributed by atoms with Crippen LogP contribution in [-0.2, 0) is 28.2 Å². The van der Waals surface area contributed by atoms with Crippen LogP contribution in [0.1, 0.15) is 77.4 Å². The lowest BCUT2D eigenvalue weighted by Gasteiger charge is -2.64. The molecule has 61 heavy (non-hydrogen) atoms. The van der Waals surface area contributed by atoms with E-state index in [4.69, 9.17) is 4.74 Å². The third-order valence-electron chi connectivity index (χ3n) is 12.2. The number of quaternary nitrogens is 2. The molecule has 4 atom stereocenters. The molecule has 0 radical (unpaired) electrons. The number of aryl methyl sites for hydroxylation is 1. The maximum atomic E-state index is 14.8. The van der Waals surface area contributed by atoms with Gasteiger partial charge in [-0.15, -0.1) is 0 Å². The first-order valence-electron chi connectivity index (χ1n) is 20.8.